The van der Waals surface area contributed by atoms with Gasteiger partial charge in [0, 0.05) is 19.3 Å². The average Bonchev–Trinajstić information content (AvgIpc) is 2.29. The SMILES string of the molecule is O=C(c1cccnc1Br)N1CCCC(O)C1. The van der Waals surface area contributed by atoms with Gasteiger partial charge in [-0.05, 0) is 40.9 Å². The maximum absolute atomic E-state index is 12.1. The van der Waals surface area contributed by atoms with Gasteiger partial charge in [-0.2, -0.15) is 0 Å². The predicted octanol–water partition coefficient (Wildman–Crippen LogP) is 1.44. The van der Waals surface area contributed by atoms with Crippen LogP contribution in [0.2, 0.25) is 0 Å². The lowest BCUT2D eigenvalue weighted by molar-refractivity contribution is 0.0472. The summed E-state index contributed by atoms with van der Waals surface area (Å²) in [5, 5.41) is 9.52. The molecule has 1 unspecified atom stereocenters. The number of nitrogens with zero attached hydrogens (tertiary/aromatic N) is 2. The fourth-order valence-corrected chi connectivity index (χ4v) is 2.28. The number of β-amino-alcohol motifs (C(OH)–C–C–N with tert-alkyl or cyclic N) is 1. The Morgan fingerprint density at radius 1 is 1.62 bits per heavy atom. The number of likely N-dealkylation sites (tertiary alicyclic amines) is 1. The van der Waals surface area contributed by atoms with E-state index in [9.17, 15) is 9.90 Å². The zero-order valence-electron chi connectivity index (χ0n) is 8.77. The topological polar surface area (TPSA) is 53.4 Å². The molecule has 1 aliphatic heterocycles. The van der Waals surface area contributed by atoms with Crippen molar-refractivity contribution in [3.8, 4) is 0 Å². The van der Waals surface area contributed by atoms with Crippen molar-refractivity contribution < 1.29 is 9.90 Å². The largest absolute Gasteiger partial charge is 0.391 e. The zero-order valence-corrected chi connectivity index (χ0v) is 10.4. The molecule has 16 heavy (non-hydrogen) atoms. The molecule has 0 spiro atoms. The molecule has 1 aromatic heterocycles. The quantitative estimate of drug-likeness (QED) is 0.794. The number of halogens is 1. The predicted molar refractivity (Wildman–Crippen MR) is 63.1 cm³/mol. The molecular weight excluding hydrogens is 272 g/mol. The summed E-state index contributed by atoms with van der Waals surface area (Å²) in [6.07, 6.45) is 2.86. The van der Waals surface area contributed by atoms with Gasteiger partial charge in [-0.25, -0.2) is 4.98 Å². The second-order valence-corrected chi connectivity index (χ2v) is 4.64. The van der Waals surface area contributed by atoms with E-state index in [-0.39, 0.29) is 5.91 Å². The Morgan fingerprint density at radius 2 is 2.44 bits per heavy atom. The molecule has 5 heteroatoms. The van der Waals surface area contributed by atoms with Crippen LogP contribution in [0.1, 0.15) is 23.2 Å². The Hall–Kier alpha value is -0.940. The van der Waals surface area contributed by atoms with Crippen LogP contribution in [0.5, 0.6) is 0 Å². The molecule has 1 aromatic rings. The van der Waals surface area contributed by atoms with Gasteiger partial charge in [-0.1, -0.05) is 0 Å². The molecule has 86 valence electrons. The van der Waals surface area contributed by atoms with E-state index in [0.29, 0.717) is 23.3 Å². The summed E-state index contributed by atoms with van der Waals surface area (Å²) >= 11 is 3.26. The van der Waals surface area contributed by atoms with Crippen molar-refractivity contribution >= 4 is 21.8 Å². The molecule has 1 aliphatic rings. The molecule has 0 bridgehead atoms. The molecule has 1 saturated heterocycles. The minimum absolute atomic E-state index is 0.0706. The number of hydrogen-bond donors (Lipinski definition) is 1. The van der Waals surface area contributed by atoms with Gasteiger partial charge in [0.25, 0.3) is 5.91 Å². The Balaban J connectivity index is 2.16. The molecular formula is C11H13BrN2O2. The minimum Gasteiger partial charge on any atom is -0.391 e. The molecule has 1 N–H and O–H groups in total. The van der Waals surface area contributed by atoms with Crippen LogP contribution >= 0.6 is 15.9 Å². The molecule has 0 aliphatic carbocycles. The fraction of sp³-hybridized carbons (Fsp3) is 0.455. The Morgan fingerprint density at radius 3 is 3.12 bits per heavy atom. The summed E-state index contributed by atoms with van der Waals surface area (Å²) in [5.41, 5.74) is 0.552. The lowest BCUT2D eigenvalue weighted by atomic mass is 10.1. The van der Waals surface area contributed by atoms with Crippen molar-refractivity contribution in [3.05, 3.63) is 28.5 Å². The Kier molecular flexibility index (Phi) is 3.56. The third kappa shape index (κ3) is 2.41. The number of carbonyl (C=O) groups is 1. The van der Waals surface area contributed by atoms with E-state index in [0.717, 1.165) is 12.8 Å². The number of aromatic nitrogens is 1. The molecule has 1 amide bonds. The maximum Gasteiger partial charge on any atom is 0.256 e. The highest BCUT2D eigenvalue weighted by atomic mass is 79.9. The van der Waals surface area contributed by atoms with Crippen LogP contribution in [-0.4, -0.2) is 40.1 Å². The van der Waals surface area contributed by atoms with Crippen molar-refractivity contribution in [3.63, 3.8) is 0 Å². The number of pyridine rings is 1. The number of amides is 1. The molecule has 1 fully saturated rings. The van der Waals surface area contributed by atoms with E-state index in [1.165, 1.54) is 0 Å². The van der Waals surface area contributed by atoms with E-state index in [1.807, 2.05) is 0 Å². The highest BCUT2D eigenvalue weighted by Crippen LogP contribution is 2.18. The summed E-state index contributed by atoms with van der Waals surface area (Å²) in [4.78, 5) is 17.8. The highest BCUT2D eigenvalue weighted by Gasteiger charge is 2.24. The van der Waals surface area contributed by atoms with Crippen LogP contribution < -0.4 is 0 Å². The van der Waals surface area contributed by atoms with Crippen molar-refractivity contribution in [2.24, 2.45) is 0 Å². The number of aliphatic hydroxyl groups is 1. The average molecular weight is 285 g/mol. The van der Waals surface area contributed by atoms with Gasteiger partial charge < -0.3 is 10.0 Å². The van der Waals surface area contributed by atoms with Gasteiger partial charge in [-0.3, -0.25) is 4.79 Å². The van der Waals surface area contributed by atoms with Crippen molar-refractivity contribution in [1.29, 1.82) is 0 Å². The van der Waals surface area contributed by atoms with Crippen LogP contribution in [0.4, 0.5) is 0 Å². The van der Waals surface area contributed by atoms with Crippen LogP contribution in [0.15, 0.2) is 22.9 Å². The first-order chi connectivity index (χ1) is 7.68. The molecule has 0 radical (unpaired) electrons. The van der Waals surface area contributed by atoms with Gasteiger partial charge in [0.15, 0.2) is 0 Å². The maximum atomic E-state index is 12.1. The van der Waals surface area contributed by atoms with E-state index in [2.05, 4.69) is 20.9 Å². The van der Waals surface area contributed by atoms with E-state index >= 15 is 0 Å². The third-order valence-corrected chi connectivity index (χ3v) is 3.31. The highest BCUT2D eigenvalue weighted by molar-refractivity contribution is 9.10. The normalized spacial score (nSPS) is 20.9. The molecule has 2 heterocycles. The van der Waals surface area contributed by atoms with Crippen molar-refractivity contribution in [1.82, 2.24) is 9.88 Å². The summed E-state index contributed by atoms with van der Waals surface area (Å²) in [6.45, 7) is 1.12. The Labute approximate surface area is 102 Å². The number of hydrogen-bond acceptors (Lipinski definition) is 3. The Bertz CT molecular complexity index is 397. The van der Waals surface area contributed by atoms with E-state index in [1.54, 1.807) is 23.2 Å². The first-order valence-electron chi connectivity index (χ1n) is 5.26. The molecule has 0 aromatic carbocycles. The minimum atomic E-state index is -0.395. The van der Waals surface area contributed by atoms with Gasteiger partial charge in [0.2, 0.25) is 0 Å². The summed E-state index contributed by atoms with van der Waals surface area (Å²) in [6, 6.07) is 3.47. The van der Waals surface area contributed by atoms with E-state index < -0.39 is 6.10 Å². The second kappa shape index (κ2) is 4.93. The number of piperidine rings is 1. The molecule has 1 atom stereocenters. The van der Waals surface area contributed by atoms with Gasteiger partial charge in [-0.15, -0.1) is 0 Å². The van der Waals surface area contributed by atoms with Gasteiger partial charge >= 0.3 is 0 Å². The smallest absolute Gasteiger partial charge is 0.256 e. The second-order valence-electron chi connectivity index (χ2n) is 3.89. The molecule has 2 rings (SSSR count). The first kappa shape index (κ1) is 11.5. The van der Waals surface area contributed by atoms with E-state index in [4.69, 9.17) is 0 Å². The number of carbonyl (C=O) groups excluding carboxylic acids is 1. The summed E-state index contributed by atoms with van der Waals surface area (Å²) in [7, 11) is 0. The van der Waals surface area contributed by atoms with Crippen LogP contribution in [0.25, 0.3) is 0 Å². The zero-order chi connectivity index (χ0) is 11.5. The van der Waals surface area contributed by atoms with Gasteiger partial charge in [0.1, 0.15) is 4.60 Å². The summed E-state index contributed by atoms with van der Waals surface area (Å²) < 4.78 is 0.556. The van der Waals surface area contributed by atoms with Gasteiger partial charge in [0.05, 0.1) is 11.7 Å². The monoisotopic (exact) mass is 284 g/mol. The van der Waals surface area contributed by atoms with Crippen LogP contribution in [0.3, 0.4) is 0 Å². The molecule has 0 saturated carbocycles. The lowest BCUT2D eigenvalue weighted by Crippen LogP contribution is -2.42. The number of aliphatic hydroxyl groups excluding tert-OH is 1. The van der Waals surface area contributed by atoms with Crippen molar-refractivity contribution in [2.45, 2.75) is 18.9 Å². The van der Waals surface area contributed by atoms with Crippen LogP contribution in [0, 0.1) is 0 Å². The fourth-order valence-electron chi connectivity index (χ4n) is 1.86. The standard InChI is InChI=1S/C11H13BrN2O2/c12-10-9(4-1-5-13-10)11(16)14-6-2-3-8(15)7-14/h1,4-5,8,15H,2-3,6-7H2. The third-order valence-electron chi connectivity index (χ3n) is 2.67. The first-order valence-corrected chi connectivity index (χ1v) is 6.05. The summed E-state index contributed by atoms with van der Waals surface area (Å²) in [5.74, 6) is -0.0706. The number of rotatable bonds is 1. The van der Waals surface area contributed by atoms with Crippen molar-refractivity contribution in [2.75, 3.05) is 13.1 Å². The lowest BCUT2D eigenvalue weighted by Gasteiger charge is -2.30. The van der Waals surface area contributed by atoms with Crippen LogP contribution in [-0.2, 0) is 0 Å². The molecule has 4 nitrogen and oxygen atoms in total.